The van der Waals surface area contributed by atoms with Crippen LogP contribution in [0, 0.1) is 6.92 Å². The zero-order valence-electron chi connectivity index (χ0n) is 13.9. The maximum atomic E-state index is 6.40. The largest absolute Gasteiger partial charge is 0.369 e. The van der Waals surface area contributed by atoms with Crippen molar-refractivity contribution in [2.75, 3.05) is 0 Å². The minimum Gasteiger partial charge on any atom is -0.369 e. The molecule has 1 heterocycles. The Balaban J connectivity index is 0.00000169. The lowest BCUT2D eigenvalue weighted by atomic mass is 9.80. The maximum absolute atomic E-state index is 6.40. The molecule has 4 N–H and O–H groups in total. The van der Waals surface area contributed by atoms with Crippen LogP contribution in [0.15, 0.2) is 40.7 Å². The molecule has 0 saturated heterocycles. The molecule has 1 atom stereocenters. The Bertz CT molecular complexity index is 847. The molecule has 0 fully saturated rings. The summed E-state index contributed by atoms with van der Waals surface area (Å²) in [6.07, 6.45) is 3.22. The summed E-state index contributed by atoms with van der Waals surface area (Å²) >= 11 is 12.6. The first-order chi connectivity index (χ1) is 11.5. The van der Waals surface area contributed by atoms with E-state index in [1.807, 2.05) is 25.1 Å². The number of hydrogen-bond acceptors (Lipinski definition) is 3. The number of guanidine groups is 1. The van der Waals surface area contributed by atoms with Crippen LogP contribution in [-0.4, -0.2) is 16.7 Å². The Hall–Kier alpha value is -1.53. The molecule has 3 rings (SSSR count). The van der Waals surface area contributed by atoms with Crippen molar-refractivity contribution in [2.24, 2.45) is 21.7 Å². The number of pyridine rings is 1. The van der Waals surface area contributed by atoms with Gasteiger partial charge in [0.1, 0.15) is 0 Å². The van der Waals surface area contributed by atoms with Crippen LogP contribution >= 0.6 is 48.0 Å². The smallest absolute Gasteiger partial charge is 0.211 e. The number of halogens is 4. The van der Waals surface area contributed by atoms with Gasteiger partial charge in [0.05, 0.1) is 21.5 Å². The van der Waals surface area contributed by atoms with Gasteiger partial charge < -0.3 is 11.5 Å². The Morgan fingerprint density at radius 1 is 1.15 bits per heavy atom. The van der Waals surface area contributed by atoms with E-state index in [1.165, 1.54) is 0 Å². The normalized spacial score (nSPS) is 16.9. The van der Waals surface area contributed by atoms with Crippen LogP contribution in [0.25, 0.3) is 0 Å². The first kappa shape index (κ1) is 22.5. The van der Waals surface area contributed by atoms with Crippen molar-refractivity contribution in [1.82, 2.24) is 4.98 Å². The van der Waals surface area contributed by atoms with Crippen molar-refractivity contribution in [2.45, 2.75) is 25.7 Å². The van der Waals surface area contributed by atoms with Crippen LogP contribution in [0.3, 0.4) is 0 Å². The van der Waals surface area contributed by atoms with Gasteiger partial charge in [-0.2, -0.15) is 5.10 Å². The van der Waals surface area contributed by atoms with Gasteiger partial charge in [-0.25, -0.2) is 0 Å². The molecule has 2 aromatic rings. The van der Waals surface area contributed by atoms with Crippen LogP contribution in [0.2, 0.25) is 10.0 Å². The van der Waals surface area contributed by atoms with Gasteiger partial charge in [-0.15, -0.1) is 29.9 Å². The van der Waals surface area contributed by atoms with Gasteiger partial charge in [-0.05, 0) is 48.9 Å². The summed E-state index contributed by atoms with van der Waals surface area (Å²) in [5.41, 5.74) is 15.7. The van der Waals surface area contributed by atoms with Crippen molar-refractivity contribution >= 4 is 59.7 Å². The van der Waals surface area contributed by atoms with Crippen LogP contribution in [0.5, 0.6) is 0 Å². The lowest BCUT2D eigenvalue weighted by Gasteiger charge is -2.27. The number of aryl methyl sites for hydroxylation is 1. The number of hydrogen-bond donors (Lipinski definition) is 2. The van der Waals surface area contributed by atoms with Crippen molar-refractivity contribution in [3.8, 4) is 0 Å². The Labute approximate surface area is 174 Å². The average molecular weight is 435 g/mol. The highest BCUT2D eigenvalue weighted by atomic mass is 35.5. The number of rotatable bonds is 2. The van der Waals surface area contributed by atoms with E-state index in [2.05, 4.69) is 15.2 Å². The summed E-state index contributed by atoms with van der Waals surface area (Å²) in [6, 6.07) is 7.62. The van der Waals surface area contributed by atoms with E-state index in [9.17, 15) is 0 Å². The molecule has 1 aromatic heterocycles. The van der Waals surface area contributed by atoms with E-state index in [1.54, 1.807) is 12.3 Å². The van der Waals surface area contributed by atoms with Gasteiger partial charge in [0, 0.05) is 11.8 Å². The van der Waals surface area contributed by atoms with E-state index in [0.717, 1.165) is 34.5 Å². The van der Waals surface area contributed by atoms with E-state index in [4.69, 9.17) is 34.7 Å². The van der Waals surface area contributed by atoms with Gasteiger partial charge in [-0.3, -0.25) is 4.98 Å². The van der Waals surface area contributed by atoms with Crippen molar-refractivity contribution < 1.29 is 0 Å². The molecule has 0 spiro atoms. The fourth-order valence-electron chi connectivity index (χ4n) is 3.07. The molecule has 26 heavy (non-hydrogen) atoms. The van der Waals surface area contributed by atoms with Crippen molar-refractivity contribution in [3.05, 3.63) is 62.9 Å². The van der Waals surface area contributed by atoms with E-state index >= 15 is 0 Å². The number of nitrogens with zero attached hydrogens (tertiary/aromatic N) is 3. The zero-order valence-corrected chi connectivity index (χ0v) is 17.1. The molecule has 1 aliphatic rings. The number of benzene rings is 1. The molecule has 0 aliphatic heterocycles. The summed E-state index contributed by atoms with van der Waals surface area (Å²) in [4.78, 5) is 4.52. The van der Waals surface area contributed by atoms with Crippen LogP contribution < -0.4 is 11.5 Å². The Morgan fingerprint density at radius 2 is 1.88 bits per heavy atom. The maximum Gasteiger partial charge on any atom is 0.211 e. The summed E-state index contributed by atoms with van der Waals surface area (Å²) in [5.74, 6) is 0.0412. The number of nitrogens with two attached hydrogens (primary N) is 2. The third-order valence-electron chi connectivity index (χ3n) is 4.11. The highest BCUT2D eigenvalue weighted by molar-refractivity contribution is 6.42. The molecule has 0 bridgehead atoms. The first-order valence-corrected chi connectivity index (χ1v) is 8.27. The molecule has 5 nitrogen and oxygen atoms in total. The average Bonchev–Trinajstić information content (AvgIpc) is 2.55. The van der Waals surface area contributed by atoms with Gasteiger partial charge in [0.2, 0.25) is 5.96 Å². The lowest BCUT2D eigenvalue weighted by Crippen LogP contribution is -2.24. The fourth-order valence-corrected chi connectivity index (χ4v) is 3.53. The van der Waals surface area contributed by atoms with Crippen molar-refractivity contribution in [1.29, 1.82) is 0 Å². The van der Waals surface area contributed by atoms with Gasteiger partial charge in [0.15, 0.2) is 0 Å². The molecule has 0 radical (unpaired) electrons. The van der Waals surface area contributed by atoms with Crippen LogP contribution in [-0.2, 0) is 6.42 Å². The van der Waals surface area contributed by atoms with Crippen molar-refractivity contribution in [3.63, 3.8) is 0 Å². The Morgan fingerprint density at radius 3 is 2.58 bits per heavy atom. The predicted octanol–water partition coefficient (Wildman–Crippen LogP) is 4.25. The van der Waals surface area contributed by atoms with Crippen LogP contribution in [0.1, 0.15) is 34.7 Å². The molecule has 9 heteroatoms. The quantitative estimate of drug-likeness (QED) is 0.420. The molecular weight excluding hydrogens is 416 g/mol. The molecule has 1 aliphatic carbocycles. The third-order valence-corrected chi connectivity index (χ3v) is 4.95. The molecule has 140 valence electrons. The monoisotopic (exact) mass is 433 g/mol. The minimum absolute atomic E-state index is 0. The standard InChI is InChI=1S/C17H17Cl2N5.2ClH/c1-9-5-6-22-13-7-10(11-3-2-4-12(18)16(11)19)8-14(15(9)13)23-24-17(20)21;;/h2-6,10H,7-8H2,1H3,(H4,20,21,24);2*1H/b23-14+;;. The van der Waals surface area contributed by atoms with E-state index in [-0.39, 0.29) is 36.7 Å². The Kier molecular flexibility index (Phi) is 8.15. The molecule has 1 aromatic carbocycles. The zero-order chi connectivity index (χ0) is 17.3. The lowest BCUT2D eigenvalue weighted by molar-refractivity contribution is 0.677. The van der Waals surface area contributed by atoms with Crippen LogP contribution in [0.4, 0.5) is 0 Å². The highest BCUT2D eigenvalue weighted by Gasteiger charge is 2.29. The second-order valence-electron chi connectivity index (χ2n) is 5.77. The summed E-state index contributed by atoms with van der Waals surface area (Å²) in [7, 11) is 0. The minimum atomic E-state index is -0.0755. The van der Waals surface area contributed by atoms with Gasteiger partial charge in [0.25, 0.3) is 0 Å². The molecule has 1 unspecified atom stereocenters. The second kappa shape index (κ2) is 9.42. The first-order valence-electron chi connectivity index (χ1n) is 7.51. The SMILES string of the molecule is Cc1ccnc2c1/C(=N/N=C(N)N)CC(c1cccc(Cl)c1Cl)C2.Cl.Cl. The third kappa shape index (κ3) is 4.60. The topological polar surface area (TPSA) is 89.6 Å². The molecular formula is C17H19Cl4N5. The number of aromatic nitrogens is 1. The van der Waals surface area contributed by atoms with Gasteiger partial charge >= 0.3 is 0 Å². The summed E-state index contributed by atoms with van der Waals surface area (Å²) in [5, 5.41) is 9.19. The number of fused-ring (bicyclic) bond motifs is 1. The molecule has 0 saturated carbocycles. The molecule has 0 amide bonds. The highest BCUT2D eigenvalue weighted by Crippen LogP contribution is 2.38. The fraction of sp³-hybridized carbons (Fsp3) is 0.235. The summed E-state index contributed by atoms with van der Waals surface area (Å²) < 4.78 is 0. The van der Waals surface area contributed by atoms with E-state index < -0.39 is 0 Å². The predicted molar refractivity (Wildman–Crippen MR) is 113 cm³/mol. The second-order valence-corrected chi connectivity index (χ2v) is 6.55. The van der Waals surface area contributed by atoms with E-state index in [0.29, 0.717) is 16.5 Å². The van der Waals surface area contributed by atoms with Gasteiger partial charge in [-0.1, -0.05) is 35.3 Å². The summed E-state index contributed by atoms with van der Waals surface area (Å²) in [6.45, 7) is 2.03.